The van der Waals surface area contributed by atoms with E-state index in [1.165, 1.54) is 24.8 Å². The number of alkyl halides is 3. The van der Waals surface area contributed by atoms with Crippen LogP contribution >= 0.6 is 11.3 Å². The van der Waals surface area contributed by atoms with Gasteiger partial charge in [-0.25, -0.2) is 0 Å². The minimum absolute atomic E-state index is 0.0153. The second kappa shape index (κ2) is 9.28. The molecule has 0 amide bonds. The molecule has 0 aliphatic carbocycles. The maximum atomic E-state index is 12.6. The number of nitrogens with two attached hydrogens (primary N) is 2. The summed E-state index contributed by atoms with van der Waals surface area (Å²) in [6, 6.07) is 0.0524. The van der Waals surface area contributed by atoms with E-state index in [9.17, 15) is 13.2 Å². The molecule has 2 rings (SSSR count). The first kappa shape index (κ1) is 20.6. The number of unbranched alkanes of at least 4 members (excludes halogenated alkanes) is 3. The Bertz CT molecular complexity index is 686. The molecule has 0 spiro atoms. The van der Waals surface area contributed by atoms with Gasteiger partial charge in [0.1, 0.15) is 6.04 Å². The van der Waals surface area contributed by atoms with Crippen LogP contribution in [0.2, 0.25) is 0 Å². The Morgan fingerprint density at radius 3 is 2.81 bits per heavy atom. The van der Waals surface area contributed by atoms with Gasteiger partial charge in [-0.15, -0.1) is 11.3 Å². The van der Waals surface area contributed by atoms with Gasteiger partial charge in [0.25, 0.3) is 0 Å². The summed E-state index contributed by atoms with van der Waals surface area (Å²) in [6.07, 6.45) is 5.97. The molecule has 0 aromatic carbocycles. The highest BCUT2D eigenvalue weighted by Gasteiger charge is 2.35. The average molecular weight is 385 g/mol. The Labute approximate surface area is 156 Å². The predicted octanol–water partition coefficient (Wildman–Crippen LogP) is 4.47. The summed E-state index contributed by atoms with van der Waals surface area (Å²) in [7, 11) is 0. The third kappa shape index (κ3) is 5.64. The normalized spacial score (nSPS) is 16.7. The van der Waals surface area contributed by atoms with Gasteiger partial charge in [-0.1, -0.05) is 32.3 Å². The topological polar surface area (TPSA) is 64.1 Å². The molecule has 3 nitrogen and oxygen atoms in total. The van der Waals surface area contributed by atoms with Crippen molar-refractivity contribution in [3.05, 3.63) is 51.5 Å². The second-order valence-electron chi connectivity index (χ2n) is 6.37. The summed E-state index contributed by atoms with van der Waals surface area (Å²) in [5, 5.41) is 5.08. The first-order valence-corrected chi connectivity index (χ1v) is 9.73. The number of aryl methyl sites for hydroxylation is 1. The summed E-state index contributed by atoms with van der Waals surface area (Å²) in [5.74, 6) is 0. The lowest BCUT2D eigenvalue weighted by Crippen LogP contribution is -2.36. The Kier molecular flexibility index (Phi) is 7.34. The van der Waals surface area contributed by atoms with Gasteiger partial charge in [0.05, 0.1) is 11.4 Å². The van der Waals surface area contributed by atoms with Crippen molar-refractivity contribution in [1.82, 2.24) is 5.32 Å². The predicted molar refractivity (Wildman–Crippen MR) is 103 cm³/mol. The molecule has 0 saturated carbocycles. The molecule has 1 aliphatic rings. The number of allylic oxidation sites excluding steroid dienone is 2. The van der Waals surface area contributed by atoms with Gasteiger partial charge in [0.2, 0.25) is 0 Å². The summed E-state index contributed by atoms with van der Waals surface area (Å²) in [5.41, 5.74) is 13.8. The highest BCUT2D eigenvalue weighted by atomic mass is 32.1. The van der Waals surface area contributed by atoms with E-state index in [2.05, 4.69) is 23.7 Å². The van der Waals surface area contributed by atoms with Crippen LogP contribution in [0.3, 0.4) is 0 Å². The van der Waals surface area contributed by atoms with E-state index in [0.717, 1.165) is 29.4 Å². The van der Waals surface area contributed by atoms with Crippen LogP contribution in [0.4, 0.5) is 13.2 Å². The fourth-order valence-corrected chi connectivity index (χ4v) is 3.75. The molecule has 5 N–H and O–H groups in total. The molecule has 26 heavy (non-hydrogen) atoms. The van der Waals surface area contributed by atoms with E-state index in [0.29, 0.717) is 12.2 Å². The monoisotopic (exact) mass is 385 g/mol. The van der Waals surface area contributed by atoms with Gasteiger partial charge in [0, 0.05) is 11.4 Å². The maximum absolute atomic E-state index is 12.6. The Morgan fingerprint density at radius 1 is 1.35 bits per heavy atom. The fraction of sp³-hybridized carbons (Fsp3) is 0.474. The third-order valence-corrected chi connectivity index (χ3v) is 5.28. The number of hydrogen-bond donors (Lipinski definition) is 3. The highest BCUT2D eigenvalue weighted by Crippen LogP contribution is 2.30. The van der Waals surface area contributed by atoms with Crippen molar-refractivity contribution in [2.45, 2.75) is 51.2 Å². The van der Waals surface area contributed by atoms with Crippen LogP contribution in [0.1, 0.15) is 43.0 Å². The molecule has 0 radical (unpaired) electrons. The molecular weight excluding hydrogens is 359 g/mol. The SMILES string of the molecule is CCCCCCc1ccsc1C1=CCNC(/C(N)=C/C(N)C(F)(F)F)=C1. The van der Waals surface area contributed by atoms with E-state index in [1.807, 2.05) is 6.08 Å². The van der Waals surface area contributed by atoms with Gasteiger partial charge < -0.3 is 16.8 Å². The Balaban J connectivity index is 2.13. The smallest absolute Gasteiger partial charge is 0.397 e. The summed E-state index contributed by atoms with van der Waals surface area (Å²) in [4.78, 5) is 1.16. The van der Waals surface area contributed by atoms with Crippen molar-refractivity contribution in [3.63, 3.8) is 0 Å². The van der Waals surface area contributed by atoms with Crippen LogP contribution in [-0.2, 0) is 6.42 Å². The lowest BCUT2D eigenvalue weighted by Gasteiger charge is -2.19. The van der Waals surface area contributed by atoms with E-state index in [1.54, 1.807) is 17.4 Å². The fourth-order valence-electron chi connectivity index (χ4n) is 2.79. The van der Waals surface area contributed by atoms with Gasteiger partial charge in [0.15, 0.2) is 0 Å². The molecule has 1 aliphatic heterocycles. The number of dihydropyridines is 1. The van der Waals surface area contributed by atoms with Crippen LogP contribution in [0, 0.1) is 0 Å². The van der Waals surface area contributed by atoms with Crippen molar-refractivity contribution >= 4 is 16.9 Å². The van der Waals surface area contributed by atoms with Crippen molar-refractivity contribution in [2.75, 3.05) is 6.54 Å². The first-order valence-electron chi connectivity index (χ1n) is 8.85. The molecule has 144 valence electrons. The van der Waals surface area contributed by atoms with Crippen LogP contribution < -0.4 is 16.8 Å². The molecule has 1 unspecified atom stereocenters. The summed E-state index contributed by atoms with van der Waals surface area (Å²) >= 11 is 1.65. The van der Waals surface area contributed by atoms with Crippen molar-refractivity contribution in [1.29, 1.82) is 0 Å². The maximum Gasteiger partial charge on any atom is 0.407 e. The third-order valence-electron chi connectivity index (χ3n) is 4.27. The summed E-state index contributed by atoms with van der Waals surface area (Å²) in [6.45, 7) is 2.70. The van der Waals surface area contributed by atoms with Crippen molar-refractivity contribution < 1.29 is 13.2 Å². The van der Waals surface area contributed by atoms with Crippen LogP contribution in [0.5, 0.6) is 0 Å². The van der Waals surface area contributed by atoms with Gasteiger partial charge in [-0.05, 0) is 47.6 Å². The molecule has 1 aromatic rings. The van der Waals surface area contributed by atoms with E-state index >= 15 is 0 Å². The number of hydrogen-bond acceptors (Lipinski definition) is 4. The van der Waals surface area contributed by atoms with Crippen LogP contribution in [0.25, 0.3) is 5.57 Å². The number of halogens is 3. The lowest BCUT2D eigenvalue weighted by atomic mass is 10.0. The van der Waals surface area contributed by atoms with E-state index in [4.69, 9.17) is 11.5 Å². The van der Waals surface area contributed by atoms with Gasteiger partial charge in [-0.3, -0.25) is 0 Å². The van der Waals surface area contributed by atoms with Gasteiger partial charge in [-0.2, -0.15) is 13.2 Å². The standard InChI is InChI=1S/C19H26F3N3S/c1-2-3-4-5-6-13-8-10-26-18(13)14-7-9-25-16(11-14)15(23)12-17(24)19(20,21)22/h7-8,10-12,17,25H,2-6,9,23-24H2,1H3/b15-12-. The molecule has 0 fully saturated rings. The Hall–Kier alpha value is -1.73. The highest BCUT2D eigenvalue weighted by molar-refractivity contribution is 7.11. The van der Waals surface area contributed by atoms with Crippen LogP contribution in [0.15, 0.2) is 41.1 Å². The van der Waals surface area contributed by atoms with Crippen LogP contribution in [-0.4, -0.2) is 18.8 Å². The molecule has 0 bridgehead atoms. The summed E-state index contributed by atoms with van der Waals surface area (Å²) < 4.78 is 37.9. The van der Waals surface area contributed by atoms with E-state index in [-0.39, 0.29) is 5.70 Å². The number of nitrogens with one attached hydrogen (secondary N) is 1. The zero-order valence-corrected chi connectivity index (χ0v) is 15.7. The first-order chi connectivity index (χ1) is 12.3. The quantitative estimate of drug-likeness (QED) is 0.579. The molecule has 2 heterocycles. The molecular formula is C19H26F3N3S. The molecule has 1 atom stereocenters. The number of rotatable bonds is 8. The minimum Gasteiger partial charge on any atom is -0.397 e. The average Bonchev–Trinajstić information content (AvgIpc) is 3.06. The molecule has 7 heteroatoms. The zero-order valence-electron chi connectivity index (χ0n) is 14.9. The Morgan fingerprint density at radius 2 is 2.12 bits per heavy atom. The van der Waals surface area contributed by atoms with Gasteiger partial charge >= 0.3 is 6.18 Å². The van der Waals surface area contributed by atoms with E-state index < -0.39 is 12.2 Å². The second-order valence-corrected chi connectivity index (χ2v) is 7.29. The largest absolute Gasteiger partial charge is 0.407 e. The van der Waals surface area contributed by atoms with Crippen molar-refractivity contribution in [3.8, 4) is 0 Å². The number of thiophene rings is 1. The molecule has 0 saturated heterocycles. The lowest BCUT2D eigenvalue weighted by molar-refractivity contribution is -0.137. The van der Waals surface area contributed by atoms with Crippen molar-refractivity contribution in [2.24, 2.45) is 11.5 Å². The zero-order chi connectivity index (χ0) is 19.2. The molecule has 1 aromatic heterocycles. The minimum atomic E-state index is -4.50.